The number of nitrogens with one attached hydrogen (secondary N) is 1. The van der Waals surface area contributed by atoms with Crippen LogP contribution in [0.15, 0.2) is 22.7 Å². The highest BCUT2D eigenvalue weighted by atomic mass is 79.9. The first-order valence-corrected chi connectivity index (χ1v) is 8.17. The maximum absolute atomic E-state index is 13.6. The highest BCUT2D eigenvalue weighted by Gasteiger charge is 2.42. The molecule has 1 heterocycles. The summed E-state index contributed by atoms with van der Waals surface area (Å²) in [6.07, 6.45) is 4.70. The normalized spacial score (nSPS) is 29.9. The molecule has 0 radical (unpaired) electrons. The van der Waals surface area contributed by atoms with Crippen LogP contribution in [0.5, 0.6) is 0 Å². The molecular weight excluding hydrogens is 321 g/mol. The number of ether oxygens (including phenoxy) is 1. The Morgan fingerprint density at radius 2 is 2.20 bits per heavy atom. The molecule has 2 nitrogen and oxygen atoms in total. The van der Waals surface area contributed by atoms with Crippen LogP contribution in [0.3, 0.4) is 0 Å². The zero-order valence-electron chi connectivity index (χ0n) is 11.8. The topological polar surface area (TPSA) is 21.3 Å². The van der Waals surface area contributed by atoms with Crippen molar-refractivity contribution < 1.29 is 9.13 Å². The van der Waals surface area contributed by atoms with Gasteiger partial charge in [-0.3, -0.25) is 0 Å². The number of hydrogen-bond donors (Lipinski definition) is 1. The number of rotatable bonds is 5. The predicted octanol–water partition coefficient (Wildman–Crippen LogP) is 3.68. The van der Waals surface area contributed by atoms with Crippen LogP contribution in [0.25, 0.3) is 0 Å². The van der Waals surface area contributed by atoms with E-state index in [2.05, 4.69) is 28.2 Å². The Morgan fingerprint density at radius 1 is 1.40 bits per heavy atom. The lowest BCUT2D eigenvalue weighted by Gasteiger charge is -2.33. The van der Waals surface area contributed by atoms with E-state index >= 15 is 0 Å². The zero-order chi connectivity index (χ0) is 14.2. The summed E-state index contributed by atoms with van der Waals surface area (Å²) in [7, 11) is 0. The van der Waals surface area contributed by atoms with Gasteiger partial charge in [0.2, 0.25) is 0 Å². The molecule has 1 aliphatic carbocycles. The average molecular weight is 342 g/mol. The quantitative estimate of drug-likeness (QED) is 0.881. The van der Waals surface area contributed by atoms with Crippen LogP contribution >= 0.6 is 15.9 Å². The van der Waals surface area contributed by atoms with E-state index < -0.39 is 0 Å². The van der Waals surface area contributed by atoms with E-state index in [1.165, 1.54) is 18.9 Å². The molecule has 1 N–H and O–H groups in total. The average Bonchev–Trinajstić information content (AvgIpc) is 3.12. The van der Waals surface area contributed by atoms with Gasteiger partial charge in [0.25, 0.3) is 0 Å². The van der Waals surface area contributed by atoms with E-state index in [4.69, 9.17) is 4.74 Å². The van der Waals surface area contributed by atoms with Crippen molar-refractivity contribution in [2.45, 2.75) is 44.8 Å². The van der Waals surface area contributed by atoms with Crippen molar-refractivity contribution >= 4 is 15.9 Å². The molecule has 1 aromatic rings. The van der Waals surface area contributed by atoms with E-state index in [9.17, 15) is 4.39 Å². The minimum Gasteiger partial charge on any atom is -0.378 e. The fraction of sp³-hybridized carbons (Fsp3) is 0.625. The Bertz CT molecular complexity index is 471. The summed E-state index contributed by atoms with van der Waals surface area (Å²) in [5.41, 5.74) is 1.14. The third-order valence-electron chi connectivity index (χ3n) is 4.63. The van der Waals surface area contributed by atoms with Gasteiger partial charge in [-0.1, -0.05) is 15.9 Å². The number of hydrogen-bond acceptors (Lipinski definition) is 2. The van der Waals surface area contributed by atoms with Crippen molar-refractivity contribution in [3.05, 3.63) is 34.1 Å². The minimum absolute atomic E-state index is 0.0931. The van der Waals surface area contributed by atoms with Gasteiger partial charge in [0, 0.05) is 29.1 Å². The molecule has 110 valence electrons. The molecule has 3 rings (SSSR count). The van der Waals surface area contributed by atoms with Crippen LogP contribution in [0.2, 0.25) is 0 Å². The van der Waals surface area contributed by atoms with Gasteiger partial charge in [0.1, 0.15) is 5.82 Å². The second kappa shape index (κ2) is 5.74. The van der Waals surface area contributed by atoms with Crippen LogP contribution in [0.1, 0.15) is 31.7 Å². The van der Waals surface area contributed by atoms with Gasteiger partial charge in [0.15, 0.2) is 0 Å². The van der Waals surface area contributed by atoms with Crippen molar-refractivity contribution in [1.82, 2.24) is 5.32 Å². The summed E-state index contributed by atoms with van der Waals surface area (Å²) in [5, 5.41) is 3.63. The number of halogens is 2. The molecule has 1 aliphatic heterocycles. The summed E-state index contributed by atoms with van der Waals surface area (Å²) >= 11 is 3.38. The zero-order valence-corrected chi connectivity index (χ0v) is 13.4. The smallest absolute Gasteiger partial charge is 0.124 e. The summed E-state index contributed by atoms with van der Waals surface area (Å²) < 4.78 is 20.2. The molecule has 1 saturated carbocycles. The van der Waals surface area contributed by atoms with Gasteiger partial charge in [0.05, 0.1) is 6.10 Å². The second-order valence-corrected chi connectivity index (χ2v) is 7.15. The van der Waals surface area contributed by atoms with Gasteiger partial charge in [-0.25, -0.2) is 4.39 Å². The molecule has 0 aromatic heterocycles. The molecule has 2 fully saturated rings. The van der Waals surface area contributed by atoms with Crippen molar-refractivity contribution in [3.63, 3.8) is 0 Å². The molecule has 2 atom stereocenters. The first-order valence-electron chi connectivity index (χ1n) is 7.37. The van der Waals surface area contributed by atoms with E-state index in [1.807, 2.05) is 6.07 Å². The molecule has 20 heavy (non-hydrogen) atoms. The Balaban J connectivity index is 1.77. The van der Waals surface area contributed by atoms with Crippen LogP contribution in [-0.4, -0.2) is 25.3 Å². The SMILES string of the molecule is CC1OCCC1(CNC1CC1)Cc1cc(F)cc(Br)c1. The molecule has 1 saturated heterocycles. The van der Waals surface area contributed by atoms with Crippen LogP contribution in [0.4, 0.5) is 4.39 Å². The van der Waals surface area contributed by atoms with Gasteiger partial charge in [-0.2, -0.15) is 0 Å². The van der Waals surface area contributed by atoms with E-state index in [0.29, 0.717) is 6.04 Å². The molecule has 2 unspecified atom stereocenters. The summed E-state index contributed by atoms with van der Waals surface area (Å²) in [6.45, 7) is 3.92. The molecular formula is C16H21BrFNO. The molecule has 0 bridgehead atoms. The van der Waals surface area contributed by atoms with Crippen molar-refractivity contribution in [1.29, 1.82) is 0 Å². The van der Waals surface area contributed by atoms with Crippen LogP contribution in [0, 0.1) is 11.2 Å². The Labute approximate surface area is 128 Å². The largest absolute Gasteiger partial charge is 0.378 e. The lowest BCUT2D eigenvalue weighted by Crippen LogP contribution is -2.42. The maximum Gasteiger partial charge on any atom is 0.124 e. The highest BCUT2D eigenvalue weighted by molar-refractivity contribution is 9.10. The van der Waals surface area contributed by atoms with E-state index in [1.54, 1.807) is 6.07 Å². The molecule has 2 aliphatic rings. The summed E-state index contributed by atoms with van der Waals surface area (Å²) in [4.78, 5) is 0. The molecule has 1 aromatic carbocycles. The van der Waals surface area contributed by atoms with Gasteiger partial charge in [-0.05, 0) is 56.4 Å². The first kappa shape index (κ1) is 14.5. The molecule has 0 spiro atoms. The molecule has 4 heteroatoms. The van der Waals surface area contributed by atoms with Crippen molar-refractivity contribution in [2.75, 3.05) is 13.2 Å². The minimum atomic E-state index is -0.175. The highest BCUT2D eigenvalue weighted by Crippen LogP contribution is 2.39. The second-order valence-electron chi connectivity index (χ2n) is 6.24. The van der Waals surface area contributed by atoms with Crippen molar-refractivity contribution in [2.24, 2.45) is 5.41 Å². The van der Waals surface area contributed by atoms with Gasteiger partial charge >= 0.3 is 0 Å². The summed E-state index contributed by atoms with van der Waals surface area (Å²) in [5.74, 6) is -0.175. The Kier molecular flexibility index (Phi) is 4.16. The van der Waals surface area contributed by atoms with Gasteiger partial charge in [-0.15, -0.1) is 0 Å². The third-order valence-corrected chi connectivity index (χ3v) is 5.09. The van der Waals surface area contributed by atoms with E-state index in [-0.39, 0.29) is 17.3 Å². The first-order chi connectivity index (χ1) is 9.57. The monoisotopic (exact) mass is 341 g/mol. The lowest BCUT2D eigenvalue weighted by molar-refractivity contribution is 0.0628. The van der Waals surface area contributed by atoms with Crippen LogP contribution in [-0.2, 0) is 11.2 Å². The fourth-order valence-electron chi connectivity index (χ4n) is 3.10. The Hall–Kier alpha value is -0.450. The number of benzene rings is 1. The predicted molar refractivity (Wildman–Crippen MR) is 81.3 cm³/mol. The van der Waals surface area contributed by atoms with Gasteiger partial charge < -0.3 is 10.1 Å². The maximum atomic E-state index is 13.6. The fourth-order valence-corrected chi connectivity index (χ4v) is 3.61. The van der Waals surface area contributed by atoms with E-state index in [0.717, 1.165) is 36.0 Å². The van der Waals surface area contributed by atoms with Crippen LogP contribution < -0.4 is 5.32 Å². The summed E-state index contributed by atoms with van der Waals surface area (Å²) in [6, 6.07) is 5.87. The third kappa shape index (κ3) is 3.23. The lowest BCUT2D eigenvalue weighted by atomic mass is 9.76. The Morgan fingerprint density at radius 3 is 2.80 bits per heavy atom. The van der Waals surface area contributed by atoms with Crippen molar-refractivity contribution in [3.8, 4) is 0 Å². The molecule has 0 amide bonds. The standard InChI is InChI=1S/C16H21BrFNO/c1-11-16(4-5-20-11,10-19-15-2-3-15)9-12-6-13(17)8-14(18)7-12/h6-8,11,15,19H,2-5,9-10H2,1H3.